The van der Waals surface area contributed by atoms with Crippen LogP contribution in [0, 0.1) is 11.3 Å². The van der Waals surface area contributed by atoms with Gasteiger partial charge >= 0.3 is 0 Å². The van der Waals surface area contributed by atoms with Crippen molar-refractivity contribution in [3.05, 3.63) is 75.8 Å². The fraction of sp³-hybridized carbons (Fsp3) is 0.280. The van der Waals surface area contributed by atoms with E-state index in [1.54, 1.807) is 22.7 Å². The molecule has 3 aromatic heterocycles. The molecule has 0 N–H and O–H groups in total. The van der Waals surface area contributed by atoms with Gasteiger partial charge in [0.2, 0.25) is 5.91 Å². The molecule has 5 rings (SSSR count). The molecule has 1 aliphatic heterocycles. The summed E-state index contributed by atoms with van der Waals surface area (Å²) in [5.74, 6) is -0.00937. The number of para-hydroxylation sites is 1. The quantitative estimate of drug-likeness (QED) is 0.403. The van der Waals surface area contributed by atoms with E-state index in [2.05, 4.69) is 20.5 Å². The van der Waals surface area contributed by atoms with E-state index < -0.39 is 0 Å². The molecule has 0 atom stereocenters. The van der Waals surface area contributed by atoms with E-state index in [0.29, 0.717) is 37.6 Å². The van der Waals surface area contributed by atoms with Crippen LogP contribution in [-0.2, 0) is 17.9 Å². The van der Waals surface area contributed by atoms with Crippen LogP contribution in [0.4, 0.5) is 0 Å². The van der Waals surface area contributed by atoms with Crippen molar-refractivity contribution in [2.24, 2.45) is 0 Å². The number of rotatable bonds is 6. The van der Waals surface area contributed by atoms with Crippen LogP contribution >= 0.6 is 11.3 Å². The Bertz CT molecular complexity index is 1470. The third-order valence-electron chi connectivity index (χ3n) is 6.12. The maximum atomic E-state index is 12.8. The summed E-state index contributed by atoms with van der Waals surface area (Å²) in [6, 6.07) is 11.8. The van der Waals surface area contributed by atoms with Gasteiger partial charge in [-0.15, -0.1) is 11.3 Å². The molecule has 8 nitrogen and oxygen atoms in total. The number of thiazole rings is 1. The van der Waals surface area contributed by atoms with E-state index in [0.717, 1.165) is 35.2 Å². The fourth-order valence-corrected chi connectivity index (χ4v) is 5.09. The van der Waals surface area contributed by atoms with Crippen LogP contribution in [0.2, 0.25) is 0 Å². The highest BCUT2D eigenvalue weighted by Crippen LogP contribution is 2.23. The smallest absolute Gasteiger partial charge is 0.258 e. The van der Waals surface area contributed by atoms with Crippen molar-refractivity contribution < 1.29 is 4.79 Å². The van der Waals surface area contributed by atoms with E-state index in [1.165, 1.54) is 11.3 Å². The number of nitriles is 1. The molecular weight excluding hydrogens is 448 g/mol. The van der Waals surface area contributed by atoms with E-state index in [1.807, 2.05) is 46.8 Å². The number of piperazine rings is 1. The first-order chi connectivity index (χ1) is 16.6. The Balaban J connectivity index is 1.21. The highest BCUT2D eigenvalue weighted by molar-refractivity contribution is 7.15. The molecule has 4 aromatic rings. The molecule has 0 unspecified atom stereocenters. The number of hydrogen-bond acceptors (Lipinski definition) is 6. The zero-order valence-electron chi connectivity index (χ0n) is 18.6. The molecule has 0 spiro atoms. The Morgan fingerprint density at radius 1 is 1.21 bits per heavy atom. The summed E-state index contributed by atoms with van der Waals surface area (Å²) >= 11 is 1.45. The van der Waals surface area contributed by atoms with E-state index in [-0.39, 0.29) is 11.5 Å². The maximum absolute atomic E-state index is 12.8. The normalized spacial score (nSPS) is 14.9. The van der Waals surface area contributed by atoms with Crippen molar-refractivity contribution in [3.8, 4) is 6.07 Å². The summed E-state index contributed by atoms with van der Waals surface area (Å²) in [5.41, 5.74) is 2.74. The van der Waals surface area contributed by atoms with Crippen molar-refractivity contribution in [2.75, 3.05) is 26.2 Å². The first kappa shape index (κ1) is 22.1. The maximum Gasteiger partial charge on any atom is 0.258 e. The summed E-state index contributed by atoms with van der Waals surface area (Å²) in [4.78, 5) is 34.4. The monoisotopic (exact) mass is 472 g/mol. The molecular formula is C25H24N6O2S. The van der Waals surface area contributed by atoms with Gasteiger partial charge in [-0.25, -0.2) is 4.98 Å². The molecule has 0 bridgehead atoms. The molecule has 1 aliphatic rings. The minimum Gasteiger partial charge on any atom is -0.346 e. The second-order valence-electron chi connectivity index (χ2n) is 8.28. The number of aryl methyl sites for hydroxylation is 1. The van der Waals surface area contributed by atoms with Gasteiger partial charge in [0, 0.05) is 85.7 Å². The van der Waals surface area contributed by atoms with Crippen LogP contribution in [0.25, 0.3) is 21.9 Å². The van der Waals surface area contributed by atoms with Gasteiger partial charge in [0.1, 0.15) is 0 Å². The highest BCUT2D eigenvalue weighted by atomic mass is 32.1. The van der Waals surface area contributed by atoms with E-state index in [9.17, 15) is 9.59 Å². The van der Waals surface area contributed by atoms with Gasteiger partial charge in [0.15, 0.2) is 4.96 Å². The van der Waals surface area contributed by atoms with Crippen molar-refractivity contribution in [1.82, 2.24) is 23.8 Å². The van der Waals surface area contributed by atoms with Gasteiger partial charge in [0.05, 0.1) is 18.2 Å². The topological polar surface area (TPSA) is 86.6 Å². The lowest BCUT2D eigenvalue weighted by Crippen LogP contribution is -2.48. The van der Waals surface area contributed by atoms with Crippen molar-refractivity contribution in [1.29, 1.82) is 5.26 Å². The van der Waals surface area contributed by atoms with Gasteiger partial charge < -0.3 is 9.47 Å². The van der Waals surface area contributed by atoms with Crippen molar-refractivity contribution in [3.63, 3.8) is 0 Å². The average molecular weight is 473 g/mol. The number of nitrogens with zero attached hydrogens (tertiary/aromatic N) is 6. The standard InChI is InChI=1S/C25H24N6O2S/c26-8-3-9-30-17-19(21-4-1-2-5-22(21)30)6-7-23(32)29-12-10-28(11-13-29)18-20-16-24(33)31-14-15-34-25(31)27-20/h1-2,4-7,14-17H,3,9-13,18H2. The van der Waals surface area contributed by atoms with Crippen LogP contribution in [0.5, 0.6) is 0 Å². The molecule has 0 aliphatic carbocycles. The molecule has 1 fully saturated rings. The molecule has 34 heavy (non-hydrogen) atoms. The second kappa shape index (κ2) is 9.63. The Morgan fingerprint density at radius 2 is 2.03 bits per heavy atom. The number of hydrogen-bond donors (Lipinski definition) is 0. The zero-order valence-corrected chi connectivity index (χ0v) is 19.4. The number of amides is 1. The predicted octanol–water partition coefficient (Wildman–Crippen LogP) is 2.98. The summed E-state index contributed by atoms with van der Waals surface area (Å²) in [5, 5.41) is 11.9. The van der Waals surface area contributed by atoms with Gasteiger partial charge in [-0.3, -0.25) is 18.9 Å². The third-order valence-corrected chi connectivity index (χ3v) is 6.87. The van der Waals surface area contributed by atoms with Crippen LogP contribution < -0.4 is 5.56 Å². The average Bonchev–Trinajstić information content (AvgIpc) is 3.47. The highest BCUT2D eigenvalue weighted by Gasteiger charge is 2.20. The lowest BCUT2D eigenvalue weighted by molar-refractivity contribution is -0.127. The molecule has 0 saturated carbocycles. The Kier molecular flexibility index (Phi) is 6.25. The fourth-order valence-electron chi connectivity index (χ4n) is 4.35. The molecule has 172 valence electrons. The number of aromatic nitrogens is 3. The summed E-state index contributed by atoms with van der Waals surface area (Å²) < 4.78 is 3.62. The third kappa shape index (κ3) is 4.51. The SMILES string of the molecule is N#CCCn1cc(C=CC(=O)N2CCN(Cc3cc(=O)n4ccsc4n3)CC2)c2ccccc21. The largest absolute Gasteiger partial charge is 0.346 e. The molecule has 9 heteroatoms. The minimum atomic E-state index is -0.0609. The van der Waals surface area contributed by atoms with Gasteiger partial charge in [-0.1, -0.05) is 18.2 Å². The lowest BCUT2D eigenvalue weighted by Gasteiger charge is -2.34. The van der Waals surface area contributed by atoms with Crippen LogP contribution in [-0.4, -0.2) is 55.8 Å². The van der Waals surface area contributed by atoms with Crippen molar-refractivity contribution >= 4 is 39.2 Å². The predicted molar refractivity (Wildman–Crippen MR) is 132 cm³/mol. The minimum absolute atomic E-state index is 0.00937. The molecule has 1 aromatic carbocycles. The summed E-state index contributed by atoms with van der Waals surface area (Å²) in [6.07, 6.45) is 7.69. The number of benzene rings is 1. The van der Waals surface area contributed by atoms with Gasteiger partial charge in [-0.05, 0) is 12.1 Å². The Hall–Kier alpha value is -3.74. The number of carbonyl (C=O) groups is 1. The molecule has 1 amide bonds. The Morgan fingerprint density at radius 3 is 2.85 bits per heavy atom. The summed E-state index contributed by atoms with van der Waals surface area (Å²) in [7, 11) is 0. The van der Waals surface area contributed by atoms with Crippen LogP contribution in [0.15, 0.2) is 59.0 Å². The molecule has 0 radical (unpaired) electrons. The van der Waals surface area contributed by atoms with Crippen LogP contribution in [0.3, 0.4) is 0 Å². The zero-order chi connectivity index (χ0) is 23.5. The second-order valence-corrected chi connectivity index (χ2v) is 9.15. The first-order valence-electron chi connectivity index (χ1n) is 11.2. The number of fused-ring (bicyclic) bond motifs is 2. The van der Waals surface area contributed by atoms with E-state index in [4.69, 9.17) is 5.26 Å². The van der Waals surface area contributed by atoms with E-state index >= 15 is 0 Å². The molecule has 4 heterocycles. The van der Waals surface area contributed by atoms with Gasteiger partial charge in [0.25, 0.3) is 5.56 Å². The number of carbonyl (C=O) groups excluding carboxylic acids is 1. The van der Waals surface area contributed by atoms with Crippen molar-refractivity contribution in [2.45, 2.75) is 19.5 Å². The summed E-state index contributed by atoms with van der Waals surface area (Å²) in [6.45, 7) is 3.96. The first-order valence-corrected chi connectivity index (χ1v) is 12.1. The Labute approximate surface area is 200 Å². The lowest BCUT2D eigenvalue weighted by atomic mass is 10.1. The molecule has 1 saturated heterocycles. The van der Waals surface area contributed by atoms with Gasteiger partial charge in [-0.2, -0.15) is 5.26 Å². The van der Waals surface area contributed by atoms with Crippen LogP contribution in [0.1, 0.15) is 17.7 Å².